The molecule has 0 aliphatic carbocycles. The number of unbranched alkanes of at least 4 members (excludes halogenated alkanes) is 2. The fourth-order valence-corrected chi connectivity index (χ4v) is 4.76. The van der Waals surface area contributed by atoms with Crippen molar-refractivity contribution in [1.29, 1.82) is 0 Å². The maximum absolute atomic E-state index is 11.0. The van der Waals surface area contributed by atoms with E-state index in [4.69, 9.17) is 30.3 Å². The molecule has 1 aliphatic rings. The quantitative estimate of drug-likeness (QED) is 0.340. The van der Waals surface area contributed by atoms with Crippen LogP contribution < -0.4 is 20.9 Å². The van der Waals surface area contributed by atoms with E-state index in [1.54, 1.807) is 6.20 Å². The summed E-state index contributed by atoms with van der Waals surface area (Å²) in [5, 5.41) is 0.695. The zero-order valence-corrected chi connectivity index (χ0v) is 19.3. The first-order chi connectivity index (χ1) is 16.5. The minimum atomic E-state index is -0.290. The molecule has 5 rings (SSSR count). The van der Waals surface area contributed by atoms with Crippen LogP contribution in [-0.4, -0.2) is 37.2 Å². The summed E-state index contributed by atoms with van der Waals surface area (Å²) >= 11 is 1.43. The molecule has 34 heavy (non-hydrogen) atoms. The SMILES string of the molecule is Cc1cnc(-c2cc3c(cc2Sc2nc4c(N)ncnc4n2CCCCCC(N)=O)OCO3)o1. The van der Waals surface area contributed by atoms with Crippen LogP contribution in [0.4, 0.5) is 5.82 Å². The Labute approximate surface area is 198 Å². The normalized spacial score (nSPS) is 12.5. The largest absolute Gasteiger partial charge is 0.454 e. The number of hydrogen-bond acceptors (Lipinski definition) is 10. The maximum Gasteiger partial charge on any atom is 0.231 e. The number of aromatic nitrogens is 5. The van der Waals surface area contributed by atoms with Gasteiger partial charge in [0.15, 0.2) is 33.6 Å². The second-order valence-corrected chi connectivity index (χ2v) is 8.84. The van der Waals surface area contributed by atoms with Crippen LogP contribution in [-0.2, 0) is 11.3 Å². The van der Waals surface area contributed by atoms with Crippen LogP contribution in [0.1, 0.15) is 31.4 Å². The van der Waals surface area contributed by atoms with Crippen LogP contribution in [0, 0.1) is 6.92 Å². The average molecular weight is 482 g/mol. The number of rotatable bonds is 9. The van der Waals surface area contributed by atoms with Gasteiger partial charge in [0.2, 0.25) is 18.6 Å². The Morgan fingerprint density at radius 2 is 1.97 bits per heavy atom. The Hall–Kier alpha value is -3.80. The summed E-state index contributed by atoms with van der Waals surface area (Å²) in [6.45, 7) is 2.64. The molecule has 11 nitrogen and oxygen atoms in total. The predicted molar refractivity (Wildman–Crippen MR) is 124 cm³/mol. The molecule has 0 radical (unpaired) electrons. The number of benzene rings is 1. The highest BCUT2D eigenvalue weighted by molar-refractivity contribution is 7.99. The molecule has 1 amide bonds. The fourth-order valence-electron chi connectivity index (χ4n) is 3.71. The van der Waals surface area contributed by atoms with Gasteiger partial charge in [-0.25, -0.2) is 19.9 Å². The molecule has 4 N–H and O–H groups in total. The minimum absolute atomic E-state index is 0.156. The minimum Gasteiger partial charge on any atom is -0.454 e. The zero-order chi connectivity index (χ0) is 23.7. The van der Waals surface area contributed by atoms with Crippen LogP contribution >= 0.6 is 11.8 Å². The van der Waals surface area contributed by atoms with E-state index >= 15 is 0 Å². The lowest BCUT2D eigenvalue weighted by atomic mass is 10.2. The highest BCUT2D eigenvalue weighted by atomic mass is 32.2. The summed E-state index contributed by atoms with van der Waals surface area (Å²) in [6, 6.07) is 3.76. The van der Waals surface area contributed by atoms with Crippen molar-refractivity contribution < 1.29 is 18.7 Å². The van der Waals surface area contributed by atoms with Crippen molar-refractivity contribution in [2.24, 2.45) is 5.73 Å². The average Bonchev–Trinajstić information content (AvgIpc) is 3.52. The van der Waals surface area contributed by atoms with E-state index in [2.05, 4.69) is 15.0 Å². The van der Waals surface area contributed by atoms with Gasteiger partial charge in [0.25, 0.3) is 0 Å². The van der Waals surface area contributed by atoms with Crippen molar-refractivity contribution >= 4 is 34.7 Å². The molecule has 4 aromatic rings. The van der Waals surface area contributed by atoms with Gasteiger partial charge in [-0.3, -0.25) is 4.79 Å². The van der Waals surface area contributed by atoms with Gasteiger partial charge in [-0.1, -0.05) is 18.2 Å². The number of carbonyl (C=O) groups is 1. The molecule has 0 atom stereocenters. The molecule has 176 valence electrons. The number of oxazole rings is 1. The number of anilines is 1. The van der Waals surface area contributed by atoms with Gasteiger partial charge in [0.1, 0.15) is 12.1 Å². The first-order valence-electron chi connectivity index (χ1n) is 10.8. The fraction of sp³-hybridized carbons (Fsp3) is 0.318. The molecule has 0 saturated heterocycles. The molecule has 0 fully saturated rings. The molecular weight excluding hydrogens is 458 g/mol. The van der Waals surface area contributed by atoms with Crippen LogP contribution in [0.5, 0.6) is 11.5 Å². The van der Waals surface area contributed by atoms with Crippen molar-refractivity contribution in [2.75, 3.05) is 12.5 Å². The molecule has 0 spiro atoms. The summed E-state index contributed by atoms with van der Waals surface area (Å²) in [6.07, 6.45) is 5.88. The number of ether oxygens (including phenoxy) is 2. The second kappa shape index (κ2) is 9.21. The van der Waals surface area contributed by atoms with Crippen molar-refractivity contribution in [3.05, 3.63) is 30.4 Å². The number of hydrogen-bond donors (Lipinski definition) is 2. The van der Waals surface area contributed by atoms with E-state index in [1.807, 2.05) is 23.6 Å². The number of fused-ring (bicyclic) bond motifs is 2. The number of imidazole rings is 1. The molecule has 4 heterocycles. The molecule has 0 saturated carbocycles. The van der Waals surface area contributed by atoms with E-state index in [0.717, 1.165) is 29.7 Å². The van der Waals surface area contributed by atoms with Gasteiger partial charge < -0.3 is 29.9 Å². The van der Waals surface area contributed by atoms with Crippen LogP contribution in [0.25, 0.3) is 22.6 Å². The van der Waals surface area contributed by atoms with Crippen LogP contribution in [0.15, 0.2) is 39.1 Å². The predicted octanol–water partition coefficient (Wildman–Crippen LogP) is 3.30. The monoisotopic (exact) mass is 481 g/mol. The van der Waals surface area contributed by atoms with Gasteiger partial charge in [0.05, 0.1) is 11.8 Å². The van der Waals surface area contributed by atoms with E-state index in [-0.39, 0.29) is 12.7 Å². The lowest BCUT2D eigenvalue weighted by Crippen LogP contribution is -2.09. The molecule has 1 aliphatic heterocycles. The van der Waals surface area contributed by atoms with E-state index in [1.165, 1.54) is 18.1 Å². The first-order valence-corrected chi connectivity index (χ1v) is 11.6. The van der Waals surface area contributed by atoms with Crippen molar-refractivity contribution in [3.8, 4) is 23.0 Å². The Bertz CT molecular complexity index is 1370. The number of nitrogens with two attached hydrogens (primary N) is 2. The lowest BCUT2D eigenvalue weighted by Gasteiger charge is -2.11. The number of aryl methyl sites for hydroxylation is 2. The summed E-state index contributed by atoms with van der Waals surface area (Å²) in [5.41, 5.74) is 13.3. The third kappa shape index (κ3) is 4.36. The van der Waals surface area contributed by atoms with Crippen molar-refractivity contribution in [1.82, 2.24) is 24.5 Å². The molecule has 3 aromatic heterocycles. The van der Waals surface area contributed by atoms with Gasteiger partial charge in [-0.05, 0) is 31.9 Å². The lowest BCUT2D eigenvalue weighted by molar-refractivity contribution is -0.118. The Morgan fingerprint density at radius 1 is 1.15 bits per heavy atom. The Morgan fingerprint density at radius 3 is 2.74 bits per heavy atom. The van der Waals surface area contributed by atoms with E-state index in [9.17, 15) is 4.79 Å². The van der Waals surface area contributed by atoms with E-state index < -0.39 is 0 Å². The second-order valence-electron chi connectivity index (χ2n) is 7.83. The Balaban J connectivity index is 1.51. The van der Waals surface area contributed by atoms with Gasteiger partial charge in [-0.15, -0.1) is 0 Å². The van der Waals surface area contributed by atoms with Crippen molar-refractivity contribution in [3.63, 3.8) is 0 Å². The van der Waals surface area contributed by atoms with Crippen molar-refractivity contribution in [2.45, 2.75) is 49.2 Å². The van der Waals surface area contributed by atoms with Crippen LogP contribution in [0.3, 0.4) is 0 Å². The van der Waals surface area contributed by atoms with Gasteiger partial charge in [-0.2, -0.15) is 0 Å². The van der Waals surface area contributed by atoms with Crippen LogP contribution in [0.2, 0.25) is 0 Å². The number of primary amides is 1. The smallest absolute Gasteiger partial charge is 0.231 e. The third-order valence-electron chi connectivity index (χ3n) is 5.36. The highest BCUT2D eigenvalue weighted by Crippen LogP contribution is 2.44. The molecule has 0 bridgehead atoms. The number of nitrogens with zero attached hydrogens (tertiary/aromatic N) is 5. The highest BCUT2D eigenvalue weighted by Gasteiger charge is 2.23. The maximum atomic E-state index is 11.0. The third-order valence-corrected chi connectivity index (χ3v) is 6.41. The molecule has 1 aromatic carbocycles. The summed E-state index contributed by atoms with van der Waals surface area (Å²) in [5.74, 6) is 2.48. The summed E-state index contributed by atoms with van der Waals surface area (Å²) in [4.78, 5) is 29.5. The van der Waals surface area contributed by atoms with Gasteiger partial charge in [0, 0.05) is 17.9 Å². The molecule has 0 unspecified atom stereocenters. The summed E-state index contributed by atoms with van der Waals surface area (Å²) in [7, 11) is 0. The first kappa shape index (κ1) is 22.0. The number of nitrogen functional groups attached to an aromatic ring is 1. The zero-order valence-electron chi connectivity index (χ0n) is 18.5. The van der Waals surface area contributed by atoms with Gasteiger partial charge >= 0.3 is 0 Å². The van der Waals surface area contributed by atoms with E-state index in [0.29, 0.717) is 58.3 Å². The molecular formula is C22H23N7O4S. The number of carbonyl (C=O) groups excluding carboxylic acids is 1. The standard InChI is InChI=1S/C22H23N7O4S/c1-12-9-25-21(33-12)13-7-14-15(32-11-31-14)8-16(13)34-22-28-18-19(24)26-10-27-20(18)29(22)6-4-2-3-5-17(23)30/h7-10H,2-6,11H2,1H3,(H2,23,30)(H2,24,26,27). The topological polar surface area (TPSA) is 157 Å². The molecule has 12 heteroatoms. The summed E-state index contributed by atoms with van der Waals surface area (Å²) < 4.78 is 19.0. The number of amides is 1. The Kier molecular flexibility index (Phi) is 5.97.